The van der Waals surface area contributed by atoms with Crippen molar-refractivity contribution >= 4 is 27.6 Å². The van der Waals surface area contributed by atoms with Crippen molar-refractivity contribution in [2.75, 3.05) is 26.3 Å². The molecule has 0 radical (unpaired) electrons. The van der Waals surface area contributed by atoms with E-state index >= 15 is 0 Å². The molecule has 146 valence electrons. The smallest absolute Gasteiger partial charge is 0.338 e. The number of rotatable bonds is 9. The van der Waals surface area contributed by atoms with Crippen LogP contribution in [-0.2, 0) is 14.8 Å². The fourth-order valence-corrected chi connectivity index (χ4v) is 4.05. The Balaban J connectivity index is 1.90. The molecule has 0 saturated heterocycles. The van der Waals surface area contributed by atoms with Crippen LogP contribution in [0.5, 0.6) is 5.75 Å². The van der Waals surface area contributed by atoms with Crippen LogP contribution in [0.4, 0.5) is 0 Å². The van der Waals surface area contributed by atoms with Crippen LogP contribution in [0.15, 0.2) is 53.4 Å². The Morgan fingerprint density at radius 1 is 1.04 bits per heavy atom. The van der Waals surface area contributed by atoms with Crippen LogP contribution in [0.25, 0.3) is 0 Å². The predicted molar refractivity (Wildman–Crippen MR) is 104 cm³/mol. The molecule has 0 amide bonds. The molecule has 0 atom stereocenters. The van der Waals surface area contributed by atoms with Gasteiger partial charge in [0.1, 0.15) is 19.0 Å². The summed E-state index contributed by atoms with van der Waals surface area (Å²) >= 11 is 5.86. The first-order valence-electron chi connectivity index (χ1n) is 8.54. The van der Waals surface area contributed by atoms with Crippen molar-refractivity contribution in [3.8, 4) is 5.75 Å². The first-order chi connectivity index (χ1) is 12.9. The summed E-state index contributed by atoms with van der Waals surface area (Å²) in [6.07, 6.45) is 0. The van der Waals surface area contributed by atoms with Crippen LogP contribution in [-0.4, -0.2) is 45.0 Å². The number of nitrogens with zero attached hydrogens (tertiary/aromatic N) is 1. The van der Waals surface area contributed by atoms with Crippen molar-refractivity contribution in [3.63, 3.8) is 0 Å². The number of carbonyl (C=O) groups excluding carboxylic acids is 1. The van der Waals surface area contributed by atoms with Gasteiger partial charge in [0, 0.05) is 18.1 Å². The molecule has 0 fully saturated rings. The Morgan fingerprint density at radius 3 is 2.30 bits per heavy atom. The number of halogens is 1. The van der Waals surface area contributed by atoms with E-state index in [4.69, 9.17) is 21.1 Å². The summed E-state index contributed by atoms with van der Waals surface area (Å²) in [6, 6.07) is 12.6. The summed E-state index contributed by atoms with van der Waals surface area (Å²) in [4.78, 5) is 12.2. The fourth-order valence-electron chi connectivity index (χ4n) is 2.41. The second-order valence-corrected chi connectivity index (χ2v) is 7.93. The third-order valence-corrected chi connectivity index (χ3v) is 6.11. The number of ether oxygens (including phenoxy) is 2. The average Bonchev–Trinajstić information content (AvgIpc) is 2.66. The Hall–Kier alpha value is -2.09. The highest BCUT2D eigenvalue weighted by Gasteiger charge is 2.21. The van der Waals surface area contributed by atoms with E-state index in [0.717, 1.165) is 0 Å². The van der Waals surface area contributed by atoms with Crippen LogP contribution in [0.2, 0.25) is 5.02 Å². The average molecular weight is 412 g/mol. The largest absolute Gasteiger partial charge is 0.490 e. The standard InChI is InChI=1S/C19H22ClNO5S/c1-3-21(4-2)27(23,24)18-10-8-15(9-11-18)19(22)26-13-12-25-17-7-5-6-16(20)14-17/h5-11,14H,3-4,12-13H2,1-2H3. The van der Waals surface area contributed by atoms with Gasteiger partial charge >= 0.3 is 5.97 Å². The number of hydrogen-bond acceptors (Lipinski definition) is 5. The lowest BCUT2D eigenvalue weighted by atomic mass is 10.2. The second kappa shape index (κ2) is 9.73. The van der Waals surface area contributed by atoms with Gasteiger partial charge in [0.25, 0.3) is 0 Å². The molecule has 0 unspecified atom stereocenters. The molecule has 2 aromatic carbocycles. The van der Waals surface area contributed by atoms with Crippen LogP contribution in [0, 0.1) is 0 Å². The molecule has 0 heterocycles. The molecule has 0 aliphatic carbocycles. The third-order valence-electron chi connectivity index (χ3n) is 3.81. The maximum Gasteiger partial charge on any atom is 0.338 e. The molecule has 0 spiro atoms. The fraction of sp³-hybridized carbons (Fsp3) is 0.316. The topological polar surface area (TPSA) is 72.9 Å². The van der Waals surface area contributed by atoms with Gasteiger partial charge in [-0.3, -0.25) is 0 Å². The van der Waals surface area contributed by atoms with E-state index in [2.05, 4.69) is 0 Å². The number of carbonyl (C=O) groups is 1. The Labute approximate surface area is 164 Å². The molecule has 0 saturated carbocycles. The maximum absolute atomic E-state index is 12.4. The summed E-state index contributed by atoms with van der Waals surface area (Å²) < 4.78 is 36.8. The van der Waals surface area contributed by atoms with Gasteiger partial charge in [-0.1, -0.05) is 31.5 Å². The van der Waals surface area contributed by atoms with E-state index in [1.54, 1.807) is 38.1 Å². The number of benzene rings is 2. The Morgan fingerprint density at radius 2 is 1.70 bits per heavy atom. The monoisotopic (exact) mass is 411 g/mol. The van der Waals surface area contributed by atoms with Gasteiger partial charge in [0.05, 0.1) is 10.5 Å². The molecule has 0 N–H and O–H groups in total. The van der Waals surface area contributed by atoms with Crippen molar-refractivity contribution in [3.05, 3.63) is 59.1 Å². The van der Waals surface area contributed by atoms with Gasteiger partial charge in [-0.15, -0.1) is 0 Å². The lowest BCUT2D eigenvalue weighted by molar-refractivity contribution is 0.0450. The normalized spacial score (nSPS) is 11.4. The minimum atomic E-state index is -3.55. The second-order valence-electron chi connectivity index (χ2n) is 5.56. The quantitative estimate of drug-likeness (QED) is 0.465. The number of hydrogen-bond donors (Lipinski definition) is 0. The van der Waals surface area contributed by atoms with E-state index in [9.17, 15) is 13.2 Å². The van der Waals surface area contributed by atoms with Crippen LogP contribution < -0.4 is 4.74 Å². The van der Waals surface area contributed by atoms with Crippen molar-refractivity contribution in [2.45, 2.75) is 18.7 Å². The van der Waals surface area contributed by atoms with Crippen molar-refractivity contribution in [2.24, 2.45) is 0 Å². The van der Waals surface area contributed by atoms with Crippen LogP contribution in [0.3, 0.4) is 0 Å². The van der Waals surface area contributed by atoms with E-state index in [1.807, 2.05) is 0 Å². The maximum atomic E-state index is 12.4. The van der Waals surface area contributed by atoms with Gasteiger partial charge in [-0.2, -0.15) is 4.31 Å². The molecule has 0 aliphatic rings. The van der Waals surface area contributed by atoms with Crippen molar-refractivity contribution in [1.82, 2.24) is 4.31 Å². The highest BCUT2D eigenvalue weighted by atomic mass is 35.5. The Kier molecular flexibility index (Phi) is 7.65. The highest BCUT2D eigenvalue weighted by molar-refractivity contribution is 7.89. The molecule has 27 heavy (non-hydrogen) atoms. The van der Waals surface area contributed by atoms with Crippen molar-refractivity contribution in [1.29, 1.82) is 0 Å². The van der Waals surface area contributed by atoms with Gasteiger partial charge in [-0.25, -0.2) is 13.2 Å². The molecular formula is C19H22ClNO5S. The highest BCUT2D eigenvalue weighted by Crippen LogP contribution is 2.18. The first-order valence-corrected chi connectivity index (χ1v) is 10.4. The van der Waals surface area contributed by atoms with Gasteiger partial charge < -0.3 is 9.47 Å². The van der Waals surface area contributed by atoms with Gasteiger partial charge in [0.2, 0.25) is 10.0 Å². The zero-order valence-electron chi connectivity index (χ0n) is 15.2. The summed E-state index contributed by atoms with van der Waals surface area (Å²) in [6.45, 7) is 4.56. The molecule has 0 aromatic heterocycles. The van der Waals surface area contributed by atoms with Gasteiger partial charge in [0.15, 0.2) is 0 Å². The number of esters is 1. The lowest BCUT2D eigenvalue weighted by Gasteiger charge is -2.18. The van der Waals surface area contributed by atoms with Crippen LogP contribution >= 0.6 is 11.6 Å². The van der Waals surface area contributed by atoms with E-state index in [-0.39, 0.29) is 23.7 Å². The zero-order chi connectivity index (χ0) is 19.9. The molecule has 2 rings (SSSR count). The Bertz CT molecular complexity index is 864. The molecule has 6 nitrogen and oxygen atoms in total. The number of sulfonamides is 1. The van der Waals surface area contributed by atoms with Crippen LogP contribution in [0.1, 0.15) is 24.2 Å². The summed E-state index contributed by atoms with van der Waals surface area (Å²) in [5.41, 5.74) is 0.274. The minimum absolute atomic E-state index is 0.0604. The lowest BCUT2D eigenvalue weighted by Crippen LogP contribution is -2.30. The summed E-state index contributed by atoms with van der Waals surface area (Å²) in [7, 11) is -3.55. The zero-order valence-corrected chi connectivity index (χ0v) is 16.8. The molecule has 0 bridgehead atoms. The molecule has 2 aromatic rings. The van der Waals surface area contributed by atoms with E-state index in [1.165, 1.54) is 28.6 Å². The molecular weight excluding hydrogens is 390 g/mol. The molecule has 8 heteroatoms. The first kappa shape index (κ1) is 21.2. The third kappa shape index (κ3) is 5.69. The van der Waals surface area contributed by atoms with E-state index in [0.29, 0.717) is 23.9 Å². The SMILES string of the molecule is CCN(CC)S(=O)(=O)c1ccc(C(=O)OCCOc2cccc(Cl)c2)cc1. The molecule has 0 aliphatic heterocycles. The minimum Gasteiger partial charge on any atom is -0.490 e. The van der Waals surface area contributed by atoms with Gasteiger partial charge in [-0.05, 0) is 42.5 Å². The summed E-state index contributed by atoms with van der Waals surface area (Å²) in [5.74, 6) is 0.0426. The van der Waals surface area contributed by atoms with Crippen molar-refractivity contribution < 1.29 is 22.7 Å². The predicted octanol–water partition coefficient (Wildman–Crippen LogP) is 3.61. The summed E-state index contributed by atoms with van der Waals surface area (Å²) in [5, 5.41) is 0.559. The van der Waals surface area contributed by atoms with E-state index < -0.39 is 16.0 Å².